The normalized spacial score (nSPS) is 20.4. The summed E-state index contributed by atoms with van der Waals surface area (Å²) in [6.45, 7) is 3.95. The number of hydrogen-bond acceptors (Lipinski definition) is 11. The molecular formula is C45H88O12S. The van der Waals surface area contributed by atoms with Gasteiger partial charge in [-0.25, -0.2) is 4.18 Å². The lowest BCUT2D eigenvalue weighted by Crippen LogP contribution is -2.60. The van der Waals surface area contributed by atoms with Gasteiger partial charge in [-0.1, -0.05) is 200 Å². The Labute approximate surface area is 354 Å². The lowest BCUT2D eigenvalue weighted by atomic mass is 9.99. The molecule has 0 spiro atoms. The van der Waals surface area contributed by atoms with Gasteiger partial charge in [0.2, 0.25) is 0 Å². The van der Waals surface area contributed by atoms with Crippen molar-refractivity contribution in [3.8, 4) is 0 Å². The van der Waals surface area contributed by atoms with Gasteiger partial charge in [-0.2, -0.15) is 8.42 Å². The number of aliphatic hydroxyl groups is 3. The van der Waals surface area contributed by atoms with Crippen LogP contribution in [0.1, 0.15) is 219 Å². The minimum Gasteiger partial charge on any atom is -0.457 e. The summed E-state index contributed by atoms with van der Waals surface area (Å²) in [5.74, 6) is -0.404. The van der Waals surface area contributed by atoms with E-state index in [1.54, 1.807) is 0 Å². The summed E-state index contributed by atoms with van der Waals surface area (Å²) in [6, 6.07) is 0. The van der Waals surface area contributed by atoms with Gasteiger partial charge in [0.1, 0.15) is 30.5 Å². The van der Waals surface area contributed by atoms with Crippen molar-refractivity contribution in [2.75, 3.05) is 26.4 Å². The third kappa shape index (κ3) is 31.0. The summed E-state index contributed by atoms with van der Waals surface area (Å²) in [6.07, 6.45) is 30.6. The Kier molecular flexibility index (Phi) is 35.9. The summed E-state index contributed by atoms with van der Waals surface area (Å²) < 4.78 is 58.8. The molecule has 1 saturated heterocycles. The number of unbranched alkanes of at least 4 members (excludes halogenated alkanes) is 29. The average molecular weight is 853 g/mol. The van der Waals surface area contributed by atoms with Crippen molar-refractivity contribution in [3.63, 3.8) is 0 Å². The second-order valence-electron chi connectivity index (χ2n) is 16.7. The van der Waals surface area contributed by atoms with Gasteiger partial charge in [0.15, 0.2) is 6.29 Å². The van der Waals surface area contributed by atoms with E-state index in [-0.39, 0.29) is 19.6 Å². The van der Waals surface area contributed by atoms with E-state index in [2.05, 4.69) is 18.0 Å². The van der Waals surface area contributed by atoms with E-state index in [4.69, 9.17) is 23.5 Å². The zero-order valence-corrected chi connectivity index (χ0v) is 37.7. The highest BCUT2D eigenvalue weighted by molar-refractivity contribution is 7.80. The smallest absolute Gasteiger partial charge is 0.397 e. The first kappa shape index (κ1) is 55.1. The summed E-state index contributed by atoms with van der Waals surface area (Å²) in [4.78, 5) is 12.7. The predicted molar refractivity (Wildman–Crippen MR) is 230 cm³/mol. The van der Waals surface area contributed by atoms with Crippen LogP contribution in [0.25, 0.3) is 0 Å². The fourth-order valence-electron chi connectivity index (χ4n) is 7.62. The van der Waals surface area contributed by atoms with E-state index in [0.29, 0.717) is 13.0 Å². The fraction of sp³-hybridized carbons (Fsp3) is 0.978. The Balaban J connectivity index is 2.19. The van der Waals surface area contributed by atoms with E-state index in [1.807, 2.05) is 0 Å². The number of carbonyl (C=O) groups excluding carboxylic acids is 1. The van der Waals surface area contributed by atoms with Crippen molar-refractivity contribution < 1.29 is 56.2 Å². The van der Waals surface area contributed by atoms with Gasteiger partial charge in [-0.15, -0.1) is 0 Å². The van der Waals surface area contributed by atoms with Crippen LogP contribution in [-0.2, 0) is 38.3 Å². The standard InChI is InChI=1S/C45H88O12S/c1-3-5-7-9-11-12-13-14-15-16-17-18-19-20-21-22-23-24-25-26-27-28-29-31-33-35-53-37-39(55-41(47)34-32-30-10-8-6-4-2)38-54-45-43(49)44(57-58(50,51)52)42(48)40(36-46)56-45/h39-40,42-46,48-49H,3-38H2,1-2H3,(H,50,51,52). The zero-order chi connectivity index (χ0) is 42.5. The summed E-state index contributed by atoms with van der Waals surface area (Å²) in [7, 11) is -5.05. The highest BCUT2D eigenvalue weighted by Crippen LogP contribution is 2.26. The van der Waals surface area contributed by atoms with Crippen LogP contribution in [-0.4, -0.2) is 97.5 Å². The van der Waals surface area contributed by atoms with Gasteiger partial charge in [-0.05, 0) is 12.8 Å². The van der Waals surface area contributed by atoms with E-state index in [0.717, 1.165) is 44.9 Å². The molecule has 0 aliphatic carbocycles. The van der Waals surface area contributed by atoms with Gasteiger partial charge in [-0.3, -0.25) is 9.35 Å². The SMILES string of the molecule is CCCCCCCCCCCCCCCCCCCCCCCCCCCOCC(COC1OC(CO)C(O)C(OS(=O)(=O)O)C1O)OC(=O)CCCCCCCC. The van der Waals surface area contributed by atoms with Gasteiger partial charge < -0.3 is 34.3 Å². The third-order valence-electron chi connectivity index (χ3n) is 11.2. The molecular weight excluding hydrogens is 765 g/mol. The first-order valence-electron chi connectivity index (χ1n) is 23.8. The minimum atomic E-state index is -5.05. The zero-order valence-electron chi connectivity index (χ0n) is 36.9. The highest BCUT2D eigenvalue weighted by Gasteiger charge is 2.48. The molecule has 1 rings (SSSR count). The van der Waals surface area contributed by atoms with Gasteiger partial charge in [0.25, 0.3) is 0 Å². The third-order valence-corrected chi connectivity index (χ3v) is 11.7. The number of ether oxygens (including phenoxy) is 4. The molecule has 12 nitrogen and oxygen atoms in total. The second-order valence-corrected chi connectivity index (χ2v) is 17.8. The quantitative estimate of drug-likeness (QED) is 0.0260. The molecule has 1 aliphatic rings. The Morgan fingerprint density at radius 2 is 0.983 bits per heavy atom. The Morgan fingerprint density at radius 3 is 1.38 bits per heavy atom. The molecule has 6 atom stereocenters. The number of rotatable bonds is 42. The van der Waals surface area contributed by atoms with Crippen LogP contribution in [0.5, 0.6) is 0 Å². The summed E-state index contributed by atoms with van der Waals surface area (Å²) in [5, 5.41) is 30.5. The van der Waals surface area contributed by atoms with E-state index >= 15 is 0 Å². The van der Waals surface area contributed by atoms with Gasteiger partial charge in [0.05, 0.1) is 19.8 Å². The molecule has 0 amide bonds. The van der Waals surface area contributed by atoms with Crippen molar-refractivity contribution in [1.29, 1.82) is 0 Å². The van der Waals surface area contributed by atoms with Gasteiger partial charge in [0, 0.05) is 13.0 Å². The number of carbonyl (C=O) groups is 1. The lowest BCUT2D eigenvalue weighted by Gasteiger charge is -2.41. The summed E-state index contributed by atoms with van der Waals surface area (Å²) >= 11 is 0. The van der Waals surface area contributed by atoms with Crippen molar-refractivity contribution in [1.82, 2.24) is 0 Å². The molecule has 1 heterocycles. The monoisotopic (exact) mass is 853 g/mol. The van der Waals surface area contributed by atoms with E-state index < -0.39 is 59.8 Å². The number of aliphatic hydroxyl groups excluding tert-OH is 3. The molecule has 58 heavy (non-hydrogen) atoms. The molecule has 346 valence electrons. The van der Waals surface area contributed by atoms with E-state index in [9.17, 15) is 28.5 Å². The molecule has 0 aromatic carbocycles. The molecule has 13 heteroatoms. The molecule has 0 aromatic heterocycles. The molecule has 4 N–H and O–H groups in total. The van der Waals surface area contributed by atoms with Crippen LogP contribution in [0, 0.1) is 0 Å². The van der Waals surface area contributed by atoms with Crippen molar-refractivity contribution >= 4 is 16.4 Å². The lowest BCUT2D eigenvalue weighted by molar-refractivity contribution is -0.301. The molecule has 0 radical (unpaired) electrons. The molecule has 0 bridgehead atoms. The average Bonchev–Trinajstić information content (AvgIpc) is 3.19. The number of esters is 1. The first-order chi connectivity index (χ1) is 28.1. The van der Waals surface area contributed by atoms with Crippen molar-refractivity contribution in [3.05, 3.63) is 0 Å². The second kappa shape index (κ2) is 37.8. The van der Waals surface area contributed by atoms with Crippen LogP contribution in [0.3, 0.4) is 0 Å². The van der Waals surface area contributed by atoms with Crippen LogP contribution >= 0.6 is 0 Å². The van der Waals surface area contributed by atoms with Crippen molar-refractivity contribution in [2.45, 2.75) is 256 Å². The Morgan fingerprint density at radius 1 is 0.586 bits per heavy atom. The topological polar surface area (TPSA) is 178 Å². The Hall–Kier alpha value is -0.900. The van der Waals surface area contributed by atoms with Crippen LogP contribution in [0.4, 0.5) is 0 Å². The molecule has 1 aliphatic heterocycles. The first-order valence-corrected chi connectivity index (χ1v) is 25.2. The molecule has 1 fully saturated rings. The fourth-order valence-corrected chi connectivity index (χ4v) is 8.12. The predicted octanol–water partition coefficient (Wildman–Crippen LogP) is 10.1. The largest absolute Gasteiger partial charge is 0.457 e. The number of hydrogen-bond donors (Lipinski definition) is 4. The van der Waals surface area contributed by atoms with Crippen LogP contribution < -0.4 is 0 Å². The molecule has 6 unspecified atom stereocenters. The highest BCUT2D eigenvalue weighted by atomic mass is 32.3. The maximum absolute atomic E-state index is 12.7. The maximum atomic E-state index is 12.7. The molecule has 0 aromatic rings. The van der Waals surface area contributed by atoms with Crippen molar-refractivity contribution in [2.24, 2.45) is 0 Å². The Bertz CT molecular complexity index is 1030. The van der Waals surface area contributed by atoms with Crippen LogP contribution in [0.15, 0.2) is 0 Å². The molecule has 0 saturated carbocycles. The minimum absolute atomic E-state index is 0.0431. The van der Waals surface area contributed by atoms with E-state index in [1.165, 1.54) is 148 Å². The summed E-state index contributed by atoms with van der Waals surface area (Å²) in [5.41, 5.74) is 0. The van der Waals surface area contributed by atoms with Crippen LogP contribution in [0.2, 0.25) is 0 Å². The van der Waals surface area contributed by atoms with Gasteiger partial charge >= 0.3 is 16.4 Å². The maximum Gasteiger partial charge on any atom is 0.397 e.